The van der Waals surface area contributed by atoms with Gasteiger partial charge >= 0.3 is 0 Å². The molecule has 70 valence electrons. The number of hydrogen-bond donors (Lipinski definition) is 1. The SMILES string of the molecule is C[C@@H](c1ccccc1)N1CC(O)C1. The van der Waals surface area contributed by atoms with Crippen LogP contribution in [-0.4, -0.2) is 29.2 Å². The standard InChI is InChI=1S/C11H15NO/c1-9(12-7-11(13)8-12)10-5-3-2-4-6-10/h2-6,9,11,13H,7-8H2,1H3/t9-/m0/s1. The van der Waals surface area contributed by atoms with E-state index in [9.17, 15) is 5.11 Å². The third-order valence-electron chi connectivity index (χ3n) is 2.72. The highest BCUT2D eigenvalue weighted by Crippen LogP contribution is 2.24. The second kappa shape index (κ2) is 3.48. The van der Waals surface area contributed by atoms with E-state index >= 15 is 0 Å². The predicted molar refractivity (Wildman–Crippen MR) is 52.4 cm³/mol. The maximum atomic E-state index is 9.17. The molecule has 1 aliphatic heterocycles. The fourth-order valence-electron chi connectivity index (χ4n) is 1.75. The van der Waals surface area contributed by atoms with E-state index < -0.39 is 0 Å². The summed E-state index contributed by atoms with van der Waals surface area (Å²) >= 11 is 0. The maximum Gasteiger partial charge on any atom is 0.0794 e. The van der Waals surface area contributed by atoms with Crippen LogP contribution in [0.15, 0.2) is 30.3 Å². The molecule has 0 unspecified atom stereocenters. The molecule has 0 aliphatic carbocycles. The van der Waals surface area contributed by atoms with Crippen molar-refractivity contribution in [2.75, 3.05) is 13.1 Å². The summed E-state index contributed by atoms with van der Waals surface area (Å²) in [6, 6.07) is 10.8. The second-order valence-corrected chi connectivity index (χ2v) is 3.69. The average Bonchev–Trinajstić information content (AvgIpc) is 2.13. The van der Waals surface area contributed by atoms with Gasteiger partial charge in [-0.2, -0.15) is 0 Å². The number of benzene rings is 1. The molecule has 2 nitrogen and oxygen atoms in total. The topological polar surface area (TPSA) is 23.5 Å². The smallest absolute Gasteiger partial charge is 0.0794 e. The van der Waals surface area contributed by atoms with Gasteiger partial charge in [0.25, 0.3) is 0 Å². The zero-order chi connectivity index (χ0) is 9.26. The minimum Gasteiger partial charge on any atom is -0.390 e. The van der Waals surface area contributed by atoms with E-state index in [1.54, 1.807) is 0 Å². The molecule has 0 bridgehead atoms. The quantitative estimate of drug-likeness (QED) is 0.738. The van der Waals surface area contributed by atoms with Gasteiger partial charge in [-0.05, 0) is 12.5 Å². The lowest BCUT2D eigenvalue weighted by atomic mass is 10.0. The van der Waals surface area contributed by atoms with Crippen LogP contribution in [0.1, 0.15) is 18.5 Å². The molecule has 1 aromatic carbocycles. The van der Waals surface area contributed by atoms with E-state index in [1.807, 2.05) is 6.07 Å². The first kappa shape index (κ1) is 8.73. The van der Waals surface area contributed by atoms with Gasteiger partial charge < -0.3 is 5.11 Å². The summed E-state index contributed by atoms with van der Waals surface area (Å²) < 4.78 is 0. The van der Waals surface area contributed by atoms with Crippen molar-refractivity contribution in [3.63, 3.8) is 0 Å². The number of nitrogens with zero attached hydrogens (tertiary/aromatic N) is 1. The average molecular weight is 177 g/mol. The lowest BCUT2D eigenvalue weighted by molar-refractivity contribution is -0.0211. The molecule has 0 aromatic heterocycles. The first-order chi connectivity index (χ1) is 6.27. The van der Waals surface area contributed by atoms with Gasteiger partial charge in [-0.1, -0.05) is 30.3 Å². The molecule has 0 saturated carbocycles. The van der Waals surface area contributed by atoms with Crippen LogP contribution in [0.5, 0.6) is 0 Å². The molecule has 13 heavy (non-hydrogen) atoms. The number of aliphatic hydroxyl groups is 1. The van der Waals surface area contributed by atoms with Crippen LogP contribution < -0.4 is 0 Å². The third kappa shape index (κ3) is 1.74. The van der Waals surface area contributed by atoms with Crippen LogP contribution in [0.25, 0.3) is 0 Å². The molecule has 0 spiro atoms. The van der Waals surface area contributed by atoms with Crippen molar-refractivity contribution < 1.29 is 5.11 Å². The monoisotopic (exact) mass is 177 g/mol. The van der Waals surface area contributed by atoms with Crippen LogP contribution in [0.3, 0.4) is 0 Å². The predicted octanol–water partition coefficient (Wildman–Crippen LogP) is 1.42. The van der Waals surface area contributed by atoms with Crippen LogP contribution >= 0.6 is 0 Å². The summed E-state index contributed by atoms with van der Waals surface area (Å²) in [7, 11) is 0. The van der Waals surface area contributed by atoms with Crippen molar-refractivity contribution in [1.82, 2.24) is 4.90 Å². The van der Waals surface area contributed by atoms with E-state index in [1.165, 1.54) is 5.56 Å². The number of hydrogen-bond acceptors (Lipinski definition) is 2. The Bertz CT molecular complexity index is 267. The molecule has 1 atom stereocenters. The summed E-state index contributed by atoms with van der Waals surface area (Å²) in [5.74, 6) is 0. The highest BCUT2D eigenvalue weighted by molar-refractivity contribution is 5.18. The molecule has 1 fully saturated rings. The third-order valence-corrected chi connectivity index (χ3v) is 2.72. The lowest BCUT2D eigenvalue weighted by Gasteiger charge is -2.40. The van der Waals surface area contributed by atoms with E-state index in [-0.39, 0.29) is 6.10 Å². The van der Waals surface area contributed by atoms with Crippen LogP contribution in [0, 0.1) is 0 Å². The highest BCUT2D eigenvalue weighted by Gasteiger charge is 2.28. The van der Waals surface area contributed by atoms with Crippen LogP contribution in [0.2, 0.25) is 0 Å². The summed E-state index contributed by atoms with van der Waals surface area (Å²) in [5, 5.41) is 9.17. The molecule has 1 N–H and O–H groups in total. The van der Waals surface area contributed by atoms with E-state index in [0.29, 0.717) is 6.04 Å². The van der Waals surface area contributed by atoms with Gasteiger partial charge in [0.2, 0.25) is 0 Å². The Morgan fingerprint density at radius 3 is 2.46 bits per heavy atom. The Morgan fingerprint density at radius 2 is 1.92 bits per heavy atom. The zero-order valence-electron chi connectivity index (χ0n) is 7.85. The summed E-state index contributed by atoms with van der Waals surface area (Å²) in [6.07, 6.45) is -0.105. The van der Waals surface area contributed by atoms with Crippen molar-refractivity contribution in [1.29, 1.82) is 0 Å². The highest BCUT2D eigenvalue weighted by atomic mass is 16.3. The Balaban J connectivity index is 2.02. The first-order valence-corrected chi connectivity index (χ1v) is 4.74. The molecule has 1 heterocycles. The van der Waals surface area contributed by atoms with Gasteiger partial charge in [0.05, 0.1) is 6.10 Å². The van der Waals surface area contributed by atoms with Gasteiger partial charge in [-0.3, -0.25) is 4.90 Å². The van der Waals surface area contributed by atoms with Crippen molar-refractivity contribution in [2.24, 2.45) is 0 Å². The summed E-state index contributed by atoms with van der Waals surface area (Å²) in [5.41, 5.74) is 1.33. The molecule has 1 saturated heterocycles. The molecular formula is C11H15NO. The van der Waals surface area contributed by atoms with E-state index in [4.69, 9.17) is 0 Å². The number of aliphatic hydroxyl groups excluding tert-OH is 1. The van der Waals surface area contributed by atoms with Gasteiger partial charge in [0.15, 0.2) is 0 Å². The Labute approximate surface area is 78.8 Å². The van der Waals surface area contributed by atoms with Crippen molar-refractivity contribution in [3.05, 3.63) is 35.9 Å². The summed E-state index contributed by atoms with van der Waals surface area (Å²) in [6.45, 7) is 3.81. The Morgan fingerprint density at radius 1 is 1.31 bits per heavy atom. The fraction of sp³-hybridized carbons (Fsp3) is 0.455. The Hall–Kier alpha value is -0.860. The van der Waals surface area contributed by atoms with Gasteiger partial charge in [0, 0.05) is 19.1 Å². The van der Waals surface area contributed by atoms with Crippen molar-refractivity contribution in [3.8, 4) is 0 Å². The minimum atomic E-state index is -0.105. The Kier molecular flexibility index (Phi) is 2.34. The van der Waals surface area contributed by atoms with Gasteiger partial charge in [-0.25, -0.2) is 0 Å². The first-order valence-electron chi connectivity index (χ1n) is 4.74. The molecule has 0 radical (unpaired) electrons. The van der Waals surface area contributed by atoms with E-state index in [0.717, 1.165) is 13.1 Å². The molecule has 2 rings (SSSR count). The molecule has 1 aromatic rings. The zero-order valence-corrected chi connectivity index (χ0v) is 7.85. The molecular weight excluding hydrogens is 162 g/mol. The number of rotatable bonds is 2. The number of β-amino-alcohol motifs (C(OH)–C–C–N with tert-alkyl or cyclic N) is 1. The fourth-order valence-corrected chi connectivity index (χ4v) is 1.75. The molecule has 0 amide bonds. The summed E-state index contributed by atoms with van der Waals surface area (Å²) in [4.78, 5) is 2.28. The molecule has 1 aliphatic rings. The van der Waals surface area contributed by atoms with Crippen LogP contribution in [0.4, 0.5) is 0 Å². The largest absolute Gasteiger partial charge is 0.390 e. The second-order valence-electron chi connectivity index (χ2n) is 3.69. The number of likely N-dealkylation sites (tertiary alicyclic amines) is 1. The maximum absolute atomic E-state index is 9.17. The van der Waals surface area contributed by atoms with Crippen molar-refractivity contribution in [2.45, 2.75) is 19.1 Å². The lowest BCUT2D eigenvalue weighted by Crippen LogP contribution is -2.51. The van der Waals surface area contributed by atoms with Gasteiger partial charge in [0.1, 0.15) is 0 Å². The van der Waals surface area contributed by atoms with Crippen molar-refractivity contribution >= 4 is 0 Å². The normalized spacial score (nSPS) is 21.1. The van der Waals surface area contributed by atoms with Crippen LogP contribution in [-0.2, 0) is 0 Å². The van der Waals surface area contributed by atoms with Gasteiger partial charge in [-0.15, -0.1) is 0 Å². The minimum absolute atomic E-state index is 0.105. The molecule has 2 heteroatoms. The van der Waals surface area contributed by atoms with E-state index in [2.05, 4.69) is 36.1 Å².